The first-order valence-electron chi connectivity index (χ1n) is 12.8. The third-order valence-corrected chi connectivity index (χ3v) is 6.04. The normalized spacial score (nSPS) is 11.2. The Morgan fingerprint density at radius 3 is 1.29 bits per heavy atom. The number of hydrogen-bond acceptors (Lipinski definition) is 1. The van der Waals surface area contributed by atoms with Gasteiger partial charge < -0.3 is 0 Å². The van der Waals surface area contributed by atoms with Crippen LogP contribution >= 0.6 is 0 Å². The molecule has 0 N–H and O–H groups in total. The monoisotopic (exact) mass is 387 g/mol. The van der Waals surface area contributed by atoms with Gasteiger partial charge in [0.05, 0.1) is 0 Å². The number of aromatic nitrogens is 1. The third kappa shape index (κ3) is 17.3. The molecule has 1 nitrogen and oxygen atoms in total. The van der Waals surface area contributed by atoms with Gasteiger partial charge >= 0.3 is 0 Å². The molecule has 1 heterocycles. The standard InChI is InChI=1S/C27H49N/c1-2-3-4-5-6-7-8-9-10-11-12-13-14-15-16-17-18-19-20-21-23-27-24-22-25-28-26-27/h22,24-26H,2-21,23H2,1H3. The Morgan fingerprint density at radius 1 is 0.536 bits per heavy atom. The number of nitrogens with zero attached hydrogens (tertiary/aromatic N) is 1. The molecule has 0 aliphatic heterocycles. The smallest absolute Gasteiger partial charge is 0.0299 e. The molecule has 1 rings (SSSR count). The van der Waals surface area contributed by atoms with Crippen molar-refractivity contribution in [2.45, 2.75) is 142 Å². The summed E-state index contributed by atoms with van der Waals surface area (Å²) >= 11 is 0. The highest BCUT2D eigenvalue weighted by atomic mass is 14.6. The van der Waals surface area contributed by atoms with Crippen LogP contribution in [0.1, 0.15) is 141 Å². The minimum Gasteiger partial charge on any atom is -0.264 e. The van der Waals surface area contributed by atoms with E-state index in [1.54, 1.807) is 0 Å². The van der Waals surface area contributed by atoms with Crippen molar-refractivity contribution in [2.75, 3.05) is 0 Å². The van der Waals surface area contributed by atoms with Gasteiger partial charge in [0.1, 0.15) is 0 Å². The molecule has 0 bridgehead atoms. The van der Waals surface area contributed by atoms with Crippen LogP contribution in [0.3, 0.4) is 0 Å². The molecule has 0 radical (unpaired) electrons. The maximum atomic E-state index is 4.19. The van der Waals surface area contributed by atoms with Gasteiger partial charge in [0, 0.05) is 12.4 Å². The van der Waals surface area contributed by atoms with Crippen LogP contribution < -0.4 is 0 Å². The van der Waals surface area contributed by atoms with E-state index in [1.807, 2.05) is 18.5 Å². The van der Waals surface area contributed by atoms with Crippen LogP contribution in [-0.4, -0.2) is 4.98 Å². The Kier molecular flexibility index (Phi) is 18.8. The first kappa shape index (κ1) is 25.2. The fourth-order valence-electron chi connectivity index (χ4n) is 4.13. The SMILES string of the molecule is CCCCCCCCCCCCCCCCCCCCCCc1cccnc1. The first-order chi connectivity index (χ1) is 13.9. The molecule has 0 spiro atoms. The highest BCUT2D eigenvalue weighted by molar-refractivity contribution is 5.08. The van der Waals surface area contributed by atoms with Crippen LogP contribution in [0.4, 0.5) is 0 Å². The molecule has 0 aromatic carbocycles. The summed E-state index contributed by atoms with van der Waals surface area (Å²) in [5.41, 5.74) is 1.39. The second-order valence-corrected chi connectivity index (χ2v) is 8.83. The highest BCUT2D eigenvalue weighted by Gasteiger charge is 1.96. The molecule has 0 aliphatic rings. The van der Waals surface area contributed by atoms with E-state index in [1.165, 1.54) is 140 Å². The molecule has 1 aromatic heterocycles. The molecule has 0 aliphatic carbocycles. The molecule has 28 heavy (non-hydrogen) atoms. The van der Waals surface area contributed by atoms with E-state index in [2.05, 4.69) is 18.0 Å². The number of hydrogen-bond donors (Lipinski definition) is 0. The summed E-state index contributed by atoms with van der Waals surface area (Å²) in [7, 11) is 0. The van der Waals surface area contributed by atoms with Gasteiger partial charge in [0.15, 0.2) is 0 Å². The summed E-state index contributed by atoms with van der Waals surface area (Å²) in [5, 5.41) is 0. The van der Waals surface area contributed by atoms with E-state index in [4.69, 9.17) is 0 Å². The summed E-state index contributed by atoms with van der Waals surface area (Å²) in [4.78, 5) is 4.19. The molecule has 0 saturated heterocycles. The predicted molar refractivity (Wildman–Crippen MR) is 126 cm³/mol. The summed E-state index contributed by atoms with van der Waals surface area (Å²) in [6.45, 7) is 2.30. The molecule has 1 heteroatoms. The average molecular weight is 388 g/mol. The maximum absolute atomic E-state index is 4.19. The van der Waals surface area contributed by atoms with Crippen LogP contribution in [0.15, 0.2) is 24.5 Å². The van der Waals surface area contributed by atoms with E-state index in [0.29, 0.717) is 0 Å². The van der Waals surface area contributed by atoms with Crippen molar-refractivity contribution in [1.29, 1.82) is 0 Å². The Balaban J connectivity index is 1.67. The van der Waals surface area contributed by atoms with Gasteiger partial charge in [-0.05, 0) is 24.5 Å². The van der Waals surface area contributed by atoms with Gasteiger partial charge in [-0.1, -0.05) is 135 Å². The Bertz CT molecular complexity index is 400. The van der Waals surface area contributed by atoms with Crippen molar-refractivity contribution < 1.29 is 0 Å². The quantitative estimate of drug-likeness (QED) is 0.191. The largest absolute Gasteiger partial charge is 0.264 e. The van der Waals surface area contributed by atoms with Crippen molar-refractivity contribution in [3.8, 4) is 0 Å². The number of rotatable bonds is 21. The van der Waals surface area contributed by atoms with E-state index in [-0.39, 0.29) is 0 Å². The molecule has 1 aromatic rings. The lowest BCUT2D eigenvalue weighted by Crippen LogP contribution is -1.87. The lowest BCUT2D eigenvalue weighted by atomic mass is 10.0. The van der Waals surface area contributed by atoms with Gasteiger partial charge in [-0.3, -0.25) is 4.98 Å². The van der Waals surface area contributed by atoms with Gasteiger partial charge in [-0.25, -0.2) is 0 Å². The van der Waals surface area contributed by atoms with E-state index >= 15 is 0 Å². The Hall–Kier alpha value is -0.850. The molecular formula is C27H49N. The van der Waals surface area contributed by atoms with Crippen molar-refractivity contribution >= 4 is 0 Å². The lowest BCUT2D eigenvalue weighted by Gasteiger charge is -2.04. The second-order valence-electron chi connectivity index (χ2n) is 8.83. The van der Waals surface area contributed by atoms with Gasteiger partial charge in [-0.2, -0.15) is 0 Å². The minimum absolute atomic E-state index is 1.20. The van der Waals surface area contributed by atoms with Crippen molar-refractivity contribution in [3.05, 3.63) is 30.1 Å². The van der Waals surface area contributed by atoms with Gasteiger partial charge in [0.2, 0.25) is 0 Å². The molecule has 162 valence electrons. The van der Waals surface area contributed by atoms with Crippen LogP contribution in [0.2, 0.25) is 0 Å². The van der Waals surface area contributed by atoms with Crippen molar-refractivity contribution in [1.82, 2.24) is 4.98 Å². The molecule has 0 atom stereocenters. The summed E-state index contributed by atoms with van der Waals surface area (Å²) < 4.78 is 0. The topological polar surface area (TPSA) is 12.9 Å². The van der Waals surface area contributed by atoms with Crippen LogP contribution in [0.25, 0.3) is 0 Å². The minimum atomic E-state index is 1.20. The second kappa shape index (κ2) is 20.9. The van der Waals surface area contributed by atoms with Gasteiger partial charge in [-0.15, -0.1) is 0 Å². The number of aryl methyl sites for hydroxylation is 1. The molecular weight excluding hydrogens is 338 g/mol. The fraction of sp³-hybridized carbons (Fsp3) is 0.815. The molecule has 0 saturated carbocycles. The maximum Gasteiger partial charge on any atom is 0.0299 e. The predicted octanol–water partition coefficient (Wildman–Crippen LogP) is 9.45. The Morgan fingerprint density at radius 2 is 0.929 bits per heavy atom. The molecule has 0 unspecified atom stereocenters. The zero-order chi connectivity index (χ0) is 20.0. The van der Waals surface area contributed by atoms with Gasteiger partial charge in [0.25, 0.3) is 0 Å². The van der Waals surface area contributed by atoms with Crippen LogP contribution in [0, 0.1) is 0 Å². The van der Waals surface area contributed by atoms with E-state index < -0.39 is 0 Å². The van der Waals surface area contributed by atoms with Crippen molar-refractivity contribution in [2.24, 2.45) is 0 Å². The molecule has 0 fully saturated rings. The van der Waals surface area contributed by atoms with Crippen LogP contribution in [0.5, 0.6) is 0 Å². The van der Waals surface area contributed by atoms with E-state index in [9.17, 15) is 0 Å². The zero-order valence-electron chi connectivity index (χ0n) is 19.1. The third-order valence-electron chi connectivity index (χ3n) is 6.04. The summed E-state index contributed by atoms with van der Waals surface area (Å²) in [6.07, 6.45) is 34.0. The number of pyridine rings is 1. The first-order valence-corrected chi connectivity index (χ1v) is 12.8. The highest BCUT2D eigenvalue weighted by Crippen LogP contribution is 2.15. The Labute approximate surface area is 177 Å². The molecule has 0 amide bonds. The summed E-state index contributed by atoms with van der Waals surface area (Å²) in [5.74, 6) is 0. The van der Waals surface area contributed by atoms with Crippen LogP contribution in [-0.2, 0) is 6.42 Å². The lowest BCUT2D eigenvalue weighted by molar-refractivity contribution is 0.521. The number of unbranched alkanes of at least 4 members (excludes halogenated alkanes) is 19. The van der Waals surface area contributed by atoms with Crippen molar-refractivity contribution in [3.63, 3.8) is 0 Å². The van der Waals surface area contributed by atoms with E-state index in [0.717, 1.165) is 0 Å². The summed E-state index contributed by atoms with van der Waals surface area (Å²) in [6, 6.07) is 4.24. The fourth-order valence-corrected chi connectivity index (χ4v) is 4.13. The zero-order valence-corrected chi connectivity index (χ0v) is 19.1. The average Bonchev–Trinajstić information content (AvgIpc) is 2.73.